The first-order chi connectivity index (χ1) is 7.66. The summed E-state index contributed by atoms with van der Waals surface area (Å²) in [4.78, 5) is 6.57. The topological polar surface area (TPSA) is 37.4 Å². The Hall–Kier alpha value is -1.29. The number of nitrogens with zero attached hydrogens (tertiary/aromatic N) is 2. The van der Waals surface area contributed by atoms with Gasteiger partial charge < -0.3 is 15.0 Å². The van der Waals surface area contributed by atoms with Crippen molar-refractivity contribution in [3.8, 4) is 0 Å². The molecule has 0 bridgehead atoms. The van der Waals surface area contributed by atoms with Crippen LogP contribution >= 0.6 is 0 Å². The van der Waals surface area contributed by atoms with E-state index in [1.54, 1.807) is 0 Å². The van der Waals surface area contributed by atoms with Crippen molar-refractivity contribution in [2.24, 2.45) is 0 Å². The van der Waals surface area contributed by atoms with E-state index >= 15 is 0 Å². The van der Waals surface area contributed by atoms with E-state index in [9.17, 15) is 0 Å². The van der Waals surface area contributed by atoms with Crippen LogP contribution in [0.5, 0.6) is 0 Å². The van der Waals surface area contributed by atoms with Gasteiger partial charge in [-0.05, 0) is 25.5 Å². The zero-order chi connectivity index (χ0) is 11.5. The normalized spacial score (nSPS) is 19.8. The second-order valence-electron chi connectivity index (χ2n) is 4.42. The third kappa shape index (κ3) is 2.44. The van der Waals surface area contributed by atoms with Gasteiger partial charge in [-0.1, -0.05) is 0 Å². The molecule has 0 aliphatic carbocycles. The lowest BCUT2D eigenvalue weighted by molar-refractivity contribution is 0.195. The van der Waals surface area contributed by atoms with Crippen LogP contribution < -0.4 is 10.2 Å². The molecule has 0 saturated carbocycles. The molecule has 2 rings (SSSR count). The average Bonchev–Trinajstić information content (AvgIpc) is 2.73. The van der Waals surface area contributed by atoms with Gasteiger partial charge in [0.15, 0.2) is 5.82 Å². The molecule has 0 amide bonds. The summed E-state index contributed by atoms with van der Waals surface area (Å²) in [5, 5.41) is 3.49. The van der Waals surface area contributed by atoms with Crippen LogP contribution in [0.4, 0.5) is 11.5 Å². The Morgan fingerprint density at radius 3 is 2.88 bits per heavy atom. The SMILES string of the molecule is Cc1ccc(NC2CCOC2)c(N(C)C)n1. The lowest BCUT2D eigenvalue weighted by Crippen LogP contribution is -2.22. The molecule has 1 N–H and O–H groups in total. The number of anilines is 2. The van der Waals surface area contributed by atoms with Gasteiger partial charge in [-0.3, -0.25) is 0 Å². The van der Waals surface area contributed by atoms with Crippen molar-refractivity contribution in [2.75, 3.05) is 37.5 Å². The van der Waals surface area contributed by atoms with Crippen molar-refractivity contribution in [1.82, 2.24) is 4.98 Å². The van der Waals surface area contributed by atoms with Gasteiger partial charge in [0.2, 0.25) is 0 Å². The summed E-state index contributed by atoms with van der Waals surface area (Å²) in [7, 11) is 4.02. The highest BCUT2D eigenvalue weighted by molar-refractivity contribution is 5.65. The minimum absolute atomic E-state index is 0.420. The highest BCUT2D eigenvalue weighted by atomic mass is 16.5. The number of aromatic nitrogens is 1. The van der Waals surface area contributed by atoms with Crippen molar-refractivity contribution in [3.05, 3.63) is 17.8 Å². The smallest absolute Gasteiger partial charge is 0.151 e. The maximum Gasteiger partial charge on any atom is 0.151 e. The maximum absolute atomic E-state index is 5.36. The van der Waals surface area contributed by atoms with Gasteiger partial charge in [0.05, 0.1) is 18.3 Å². The first kappa shape index (κ1) is 11.2. The van der Waals surface area contributed by atoms with E-state index in [2.05, 4.69) is 16.4 Å². The fourth-order valence-corrected chi connectivity index (χ4v) is 1.86. The van der Waals surface area contributed by atoms with Crippen LogP contribution in [0.2, 0.25) is 0 Å². The Kier molecular flexibility index (Phi) is 3.29. The number of hydrogen-bond donors (Lipinski definition) is 1. The number of ether oxygens (including phenoxy) is 1. The van der Waals surface area contributed by atoms with Crippen LogP contribution in [0, 0.1) is 6.92 Å². The average molecular weight is 221 g/mol. The Bertz CT molecular complexity index is 359. The number of aryl methyl sites for hydroxylation is 1. The third-order valence-corrected chi connectivity index (χ3v) is 2.73. The molecule has 0 spiro atoms. The summed E-state index contributed by atoms with van der Waals surface area (Å²) in [6.07, 6.45) is 1.07. The van der Waals surface area contributed by atoms with E-state index in [4.69, 9.17) is 4.74 Å². The second-order valence-corrected chi connectivity index (χ2v) is 4.42. The highest BCUT2D eigenvalue weighted by Gasteiger charge is 2.17. The molecular weight excluding hydrogens is 202 g/mol. The van der Waals surface area contributed by atoms with Gasteiger partial charge >= 0.3 is 0 Å². The Morgan fingerprint density at radius 1 is 1.44 bits per heavy atom. The lowest BCUT2D eigenvalue weighted by Gasteiger charge is -2.20. The molecule has 1 aromatic rings. The molecule has 4 heteroatoms. The molecule has 0 aromatic carbocycles. The minimum atomic E-state index is 0.420. The van der Waals surface area contributed by atoms with Gasteiger partial charge in [-0.15, -0.1) is 0 Å². The van der Waals surface area contributed by atoms with E-state index in [1.807, 2.05) is 32.0 Å². The molecule has 88 valence electrons. The zero-order valence-corrected chi connectivity index (χ0v) is 10.2. The molecule has 1 saturated heterocycles. The largest absolute Gasteiger partial charge is 0.379 e. The fourth-order valence-electron chi connectivity index (χ4n) is 1.86. The van der Waals surface area contributed by atoms with Gasteiger partial charge in [-0.25, -0.2) is 4.98 Å². The van der Waals surface area contributed by atoms with Crippen molar-refractivity contribution >= 4 is 11.5 Å². The molecule has 1 aliphatic rings. The fraction of sp³-hybridized carbons (Fsp3) is 0.583. The summed E-state index contributed by atoms with van der Waals surface area (Å²) >= 11 is 0. The van der Waals surface area contributed by atoms with E-state index in [0.29, 0.717) is 6.04 Å². The highest BCUT2D eigenvalue weighted by Crippen LogP contribution is 2.24. The Morgan fingerprint density at radius 2 is 2.25 bits per heavy atom. The van der Waals surface area contributed by atoms with Crippen molar-refractivity contribution in [1.29, 1.82) is 0 Å². The molecule has 1 fully saturated rings. The molecule has 1 aromatic heterocycles. The van der Waals surface area contributed by atoms with Crippen molar-refractivity contribution in [3.63, 3.8) is 0 Å². The van der Waals surface area contributed by atoms with Crippen LogP contribution in [0.3, 0.4) is 0 Å². The number of nitrogens with one attached hydrogen (secondary N) is 1. The Labute approximate surface area is 96.6 Å². The van der Waals surface area contributed by atoms with Crippen LogP contribution in [0.25, 0.3) is 0 Å². The predicted molar refractivity (Wildman–Crippen MR) is 66.1 cm³/mol. The van der Waals surface area contributed by atoms with E-state index in [-0.39, 0.29) is 0 Å². The van der Waals surface area contributed by atoms with Crippen LogP contribution in [0.15, 0.2) is 12.1 Å². The standard InChI is InChI=1S/C12H19N3O/c1-9-4-5-11(12(13-9)15(2)3)14-10-6-7-16-8-10/h4-5,10,14H,6-8H2,1-3H3. The molecule has 1 aliphatic heterocycles. The molecule has 0 radical (unpaired) electrons. The molecule has 4 nitrogen and oxygen atoms in total. The predicted octanol–water partition coefficient (Wildman–Crippen LogP) is 1.66. The lowest BCUT2D eigenvalue weighted by atomic mass is 10.2. The maximum atomic E-state index is 5.36. The van der Waals surface area contributed by atoms with E-state index in [1.165, 1.54) is 0 Å². The van der Waals surface area contributed by atoms with Crippen molar-refractivity contribution in [2.45, 2.75) is 19.4 Å². The van der Waals surface area contributed by atoms with E-state index < -0.39 is 0 Å². The van der Waals surface area contributed by atoms with Crippen LogP contribution in [-0.4, -0.2) is 38.3 Å². The molecule has 2 heterocycles. The first-order valence-corrected chi connectivity index (χ1v) is 5.66. The van der Waals surface area contributed by atoms with Crippen molar-refractivity contribution < 1.29 is 4.74 Å². The second kappa shape index (κ2) is 4.70. The van der Waals surface area contributed by atoms with Gasteiger partial charge in [0.25, 0.3) is 0 Å². The van der Waals surface area contributed by atoms with Gasteiger partial charge in [0, 0.05) is 26.4 Å². The number of rotatable bonds is 3. The summed E-state index contributed by atoms with van der Waals surface area (Å²) in [5.41, 5.74) is 2.13. The monoisotopic (exact) mass is 221 g/mol. The molecule has 16 heavy (non-hydrogen) atoms. The van der Waals surface area contributed by atoms with Crippen LogP contribution in [0.1, 0.15) is 12.1 Å². The first-order valence-electron chi connectivity index (χ1n) is 5.66. The number of pyridine rings is 1. The summed E-state index contributed by atoms with van der Waals surface area (Å²) in [6.45, 7) is 3.66. The molecule has 1 atom stereocenters. The van der Waals surface area contributed by atoms with Gasteiger partial charge in [0.1, 0.15) is 0 Å². The summed E-state index contributed by atoms with van der Waals surface area (Å²) < 4.78 is 5.36. The molecular formula is C12H19N3O. The zero-order valence-electron chi connectivity index (χ0n) is 10.2. The quantitative estimate of drug-likeness (QED) is 0.842. The van der Waals surface area contributed by atoms with Crippen LogP contribution in [-0.2, 0) is 4.74 Å². The summed E-state index contributed by atoms with van der Waals surface area (Å²) in [6, 6.07) is 4.55. The number of hydrogen-bond acceptors (Lipinski definition) is 4. The molecule has 1 unspecified atom stereocenters. The van der Waals surface area contributed by atoms with E-state index in [0.717, 1.165) is 36.8 Å². The Balaban J connectivity index is 2.18. The minimum Gasteiger partial charge on any atom is -0.379 e. The third-order valence-electron chi connectivity index (χ3n) is 2.73. The summed E-state index contributed by atoms with van der Waals surface area (Å²) in [5.74, 6) is 0.993. The van der Waals surface area contributed by atoms with Gasteiger partial charge in [-0.2, -0.15) is 0 Å².